The average Bonchev–Trinajstić information content (AvgIpc) is 2.48. The van der Waals surface area contributed by atoms with Crippen molar-refractivity contribution in [2.45, 2.75) is 84.7 Å². The molecule has 0 spiro atoms. The minimum absolute atomic E-state index is 0.539. The van der Waals surface area contributed by atoms with Crippen molar-refractivity contribution in [1.29, 1.82) is 0 Å². The van der Waals surface area contributed by atoms with E-state index in [1.807, 2.05) is 0 Å². The second kappa shape index (κ2) is 7.26. The van der Waals surface area contributed by atoms with E-state index in [4.69, 9.17) is 4.74 Å². The molecule has 1 unspecified atom stereocenters. The molecule has 0 aromatic carbocycles. The fraction of sp³-hybridized carbons (Fsp3) is 1.00. The van der Waals surface area contributed by atoms with Crippen molar-refractivity contribution in [1.82, 2.24) is 5.32 Å². The molecule has 2 rings (SSSR count). The second-order valence-corrected chi connectivity index (χ2v) is 7.80. The first-order valence-corrected chi connectivity index (χ1v) is 8.86. The Bertz CT molecular complexity index is 275. The summed E-state index contributed by atoms with van der Waals surface area (Å²) in [6.45, 7) is 11.6. The number of rotatable bonds is 5. The molecule has 1 atom stereocenters. The maximum absolute atomic E-state index is 5.48. The van der Waals surface area contributed by atoms with Crippen LogP contribution in [0.5, 0.6) is 0 Å². The molecule has 2 nitrogen and oxygen atoms in total. The van der Waals surface area contributed by atoms with Gasteiger partial charge in [-0.15, -0.1) is 0 Å². The molecular weight excluding hydrogens is 246 g/mol. The van der Waals surface area contributed by atoms with Crippen LogP contribution in [0, 0.1) is 17.3 Å². The van der Waals surface area contributed by atoms with E-state index in [-0.39, 0.29) is 0 Å². The van der Waals surface area contributed by atoms with Crippen molar-refractivity contribution in [3.63, 3.8) is 0 Å². The van der Waals surface area contributed by atoms with Crippen LogP contribution in [0.25, 0.3) is 0 Å². The SMILES string of the molecule is CCC(C)(C)C1CCC(NC(C)C2CCOCC2)CC1. The van der Waals surface area contributed by atoms with Gasteiger partial charge in [0.05, 0.1) is 0 Å². The molecule has 0 amide bonds. The van der Waals surface area contributed by atoms with E-state index in [9.17, 15) is 0 Å². The van der Waals surface area contributed by atoms with Gasteiger partial charge in [0, 0.05) is 25.3 Å². The molecule has 0 aromatic heterocycles. The third kappa shape index (κ3) is 4.21. The van der Waals surface area contributed by atoms with Gasteiger partial charge in [-0.2, -0.15) is 0 Å². The average molecular weight is 281 g/mol. The second-order valence-electron chi connectivity index (χ2n) is 7.80. The van der Waals surface area contributed by atoms with Crippen molar-refractivity contribution in [2.24, 2.45) is 17.3 Å². The Labute approximate surface area is 126 Å². The largest absolute Gasteiger partial charge is 0.381 e. The third-order valence-corrected chi connectivity index (χ3v) is 6.22. The standard InChI is InChI=1S/C18H35NO/c1-5-18(3,4)16-6-8-17(9-7-16)19-14(2)15-10-12-20-13-11-15/h14-17,19H,5-13H2,1-4H3. The summed E-state index contributed by atoms with van der Waals surface area (Å²) in [6, 6.07) is 1.43. The maximum Gasteiger partial charge on any atom is 0.0469 e. The van der Waals surface area contributed by atoms with E-state index in [1.54, 1.807) is 0 Å². The van der Waals surface area contributed by atoms with Gasteiger partial charge in [-0.1, -0.05) is 27.2 Å². The molecule has 1 aliphatic carbocycles. The lowest BCUT2D eigenvalue weighted by molar-refractivity contribution is 0.0518. The van der Waals surface area contributed by atoms with E-state index in [1.165, 1.54) is 44.9 Å². The predicted octanol–water partition coefficient (Wildman–Crippen LogP) is 4.39. The van der Waals surface area contributed by atoms with Crippen molar-refractivity contribution >= 4 is 0 Å². The monoisotopic (exact) mass is 281 g/mol. The normalized spacial score (nSPS) is 31.2. The van der Waals surface area contributed by atoms with E-state index in [0.29, 0.717) is 11.5 Å². The first-order chi connectivity index (χ1) is 9.53. The first kappa shape index (κ1) is 16.3. The first-order valence-electron chi connectivity index (χ1n) is 8.86. The summed E-state index contributed by atoms with van der Waals surface area (Å²) >= 11 is 0. The lowest BCUT2D eigenvalue weighted by Gasteiger charge is -2.40. The van der Waals surface area contributed by atoms with Gasteiger partial charge in [0.15, 0.2) is 0 Å². The molecular formula is C18H35NO. The van der Waals surface area contributed by atoms with Gasteiger partial charge >= 0.3 is 0 Å². The van der Waals surface area contributed by atoms with Crippen LogP contribution in [-0.2, 0) is 4.74 Å². The Morgan fingerprint density at radius 2 is 1.65 bits per heavy atom. The Morgan fingerprint density at radius 1 is 1.05 bits per heavy atom. The minimum atomic E-state index is 0.539. The van der Waals surface area contributed by atoms with Crippen LogP contribution in [0.2, 0.25) is 0 Å². The van der Waals surface area contributed by atoms with E-state index < -0.39 is 0 Å². The van der Waals surface area contributed by atoms with Gasteiger partial charge in [-0.3, -0.25) is 0 Å². The van der Waals surface area contributed by atoms with Crippen LogP contribution in [0.15, 0.2) is 0 Å². The summed E-state index contributed by atoms with van der Waals surface area (Å²) in [5.41, 5.74) is 0.539. The zero-order valence-corrected chi connectivity index (χ0v) is 14.1. The van der Waals surface area contributed by atoms with Crippen molar-refractivity contribution in [3.05, 3.63) is 0 Å². The Balaban J connectivity index is 1.73. The summed E-state index contributed by atoms with van der Waals surface area (Å²) < 4.78 is 5.48. The highest BCUT2D eigenvalue weighted by Gasteiger charge is 2.32. The highest BCUT2D eigenvalue weighted by molar-refractivity contribution is 4.87. The van der Waals surface area contributed by atoms with E-state index >= 15 is 0 Å². The molecule has 1 heterocycles. The fourth-order valence-corrected chi connectivity index (χ4v) is 4.05. The maximum atomic E-state index is 5.48. The number of ether oxygens (including phenoxy) is 1. The van der Waals surface area contributed by atoms with Crippen LogP contribution in [0.3, 0.4) is 0 Å². The lowest BCUT2D eigenvalue weighted by atomic mass is 9.69. The van der Waals surface area contributed by atoms with Gasteiger partial charge in [0.1, 0.15) is 0 Å². The van der Waals surface area contributed by atoms with Gasteiger partial charge in [0.25, 0.3) is 0 Å². The summed E-state index contributed by atoms with van der Waals surface area (Å²) in [5, 5.41) is 3.92. The zero-order valence-electron chi connectivity index (χ0n) is 14.1. The van der Waals surface area contributed by atoms with Gasteiger partial charge in [0.2, 0.25) is 0 Å². The topological polar surface area (TPSA) is 21.3 Å². The van der Waals surface area contributed by atoms with E-state index in [0.717, 1.165) is 31.1 Å². The van der Waals surface area contributed by atoms with Crippen LogP contribution in [-0.4, -0.2) is 25.3 Å². The van der Waals surface area contributed by atoms with Crippen LogP contribution < -0.4 is 5.32 Å². The molecule has 0 aromatic rings. The van der Waals surface area contributed by atoms with Crippen LogP contribution in [0.1, 0.15) is 72.6 Å². The quantitative estimate of drug-likeness (QED) is 0.807. The summed E-state index contributed by atoms with van der Waals surface area (Å²) in [7, 11) is 0. The summed E-state index contributed by atoms with van der Waals surface area (Å²) in [6.07, 6.45) is 9.38. The number of hydrogen-bond acceptors (Lipinski definition) is 2. The molecule has 118 valence electrons. The zero-order chi connectivity index (χ0) is 14.6. The molecule has 1 aliphatic heterocycles. The Hall–Kier alpha value is -0.0800. The smallest absolute Gasteiger partial charge is 0.0469 e. The molecule has 1 N–H and O–H groups in total. The summed E-state index contributed by atoms with van der Waals surface area (Å²) in [5.74, 6) is 1.76. The molecule has 20 heavy (non-hydrogen) atoms. The van der Waals surface area contributed by atoms with Crippen LogP contribution >= 0.6 is 0 Å². The molecule has 2 aliphatic rings. The molecule has 0 bridgehead atoms. The fourth-order valence-electron chi connectivity index (χ4n) is 4.05. The van der Waals surface area contributed by atoms with Gasteiger partial charge in [-0.05, 0) is 62.7 Å². The van der Waals surface area contributed by atoms with E-state index in [2.05, 4.69) is 33.0 Å². The highest BCUT2D eigenvalue weighted by atomic mass is 16.5. The summed E-state index contributed by atoms with van der Waals surface area (Å²) in [4.78, 5) is 0. The highest BCUT2D eigenvalue weighted by Crippen LogP contribution is 2.40. The van der Waals surface area contributed by atoms with Crippen molar-refractivity contribution < 1.29 is 4.74 Å². The lowest BCUT2D eigenvalue weighted by Crippen LogP contribution is -2.45. The van der Waals surface area contributed by atoms with Gasteiger partial charge in [-0.25, -0.2) is 0 Å². The molecule has 2 heteroatoms. The molecule has 1 saturated carbocycles. The van der Waals surface area contributed by atoms with Gasteiger partial charge < -0.3 is 10.1 Å². The van der Waals surface area contributed by atoms with Crippen molar-refractivity contribution in [3.8, 4) is 0 Å². The van der Waals surface area contributed by atoms with Crippen molar-refractivity contribution in [2.75, 3.05) is 13.2 Å². The Morgan fingerprint density at radius 3 is 2.20 bits per heavy atom. The molecule has 2 fully saturated rings. The Kier molecular flexibility index (Phi) is 5.92. The number of hydrogen-bond donors (Lipinski definition) is 1. The molecule has 1 saturated heterocycles. The molecule has 0 radical (unpaired) electrons. The number of nitrogens with one attached hydrogen (secondary N) is 1. The third-order valence-electron chi connectivity index (χ3n) is 6.22. The minimum Gasteiger partial charge on any atom is -0.381 e. The van der Waals surface area contributed by atoms with Crippen LogP contribution in [0.4, 0.5) is 0 Å². The predicted molar refractivity (Wildman–Crippen MR) is 86.0 cm³/mol.